The Hall–Kier alpha value is -1.59. The summed E-state index contributed by atoms with van der Waals surface area (Å²) in [4.78, 5) is 28.9. The van der Waals surface area contributed by atoms with Crippen LogP contribution in [-0.2, 0) is 14.4 Å². The van der Waals surface area contributed by atoms with Crippen molar-refractivity contribution >= 4 is 17.6 Å². The predicted molar refractivity (Wildman–Crippen MR) is 61.7 cm³/mol. The molecular formula is C11H18N2O4. The lowest BCUT2D eigenvalue weighted by molar-refractivity contribution is -0.141. The van der Waals surface area contributed by atoms with Gasteiger partial charge in [0.25, 0.3) is 5.91 Å². The molecule has 0 aromatic rings. The molecule has 1 rings (SSSR count). The summed E-state index contributed by atoms with van der Waals surface area (Å²) in [7, 11) is 1.69. The first-order chi connectivity index (χ1) is 7.95. The molecule has 1 heterocycles. The van der Waals surface area contributed by atoms with E-state index in [0.717, 1.165) is 6.42 Å². The molecule has 1 aliphatic rings. The van der Waals surface area contributed by atoms with E-state index < -0.39 is 12.1 Å². The van der Waals surface area contributed by atoms with Crippen molar-refractivity contribution in [2.75, 3.05) is 13.6 Å². The highest BCUT2D eigenvalue weighted by atomic mass is 16.6. The quantitative estimate of drug-likeness (QED) is 0.770. The van der Waals surface area contributed by atoms with Gasteiger partial charge in [-0.2, -0.15) is 0 Å². The van der Waals surface area contributed by atoms with Gasteiger partial charge in [-0.3, -0.25) is 4.79 Å². The Bertz CT molecular complexity index is 340. The summed E-state index contributed by atoms with van der Waals surface area (Å²) >= 11 is 0. The van der Waals surface area contributed by atoms with Crippen molar-refractivity contribution in [3.8, 4) is 0 Å². The Labute approximate surface area is 100 Å². The molecule has 17 heavy (non-hydrogen) atoms. The molecule has 0 aliphatic carbocycles. The van der Waals surface area contributed by atoms with Crippen molar-refractivity contribution in [3.05, 3.63) is 0 Å². The SMILES string of the molecule is CCC(C)CN(C)C(=O)C1CC(C(=O)O)=NO1. The molecule has 1 aliphatic heterocycles. The minimum atomic E-state index is -1.13. The van der Waals surface area contributed by atoms with E-state index >= 15 is 0 Å². The molecule has 0 saturated carbocycles. The standard InChI is InChI=1S/C11H18N2O4/c1-4-7(2)6-13(3)10(14)9-5-8(11(15)16)12-17-9/h7,9H,4-6H2,1-3H3,(H,15,16). The molecule has 2 atom stereocenters. The molecule has 1 amide bonds. The number of carbonyl (C=O) groups excluding carboxylic acids is 1. The van der Waals surface area contributed by atoms with Gasteiger partial charge in [0, 0.05) is 20.0 Å². The van der Waals surface area contributed by atoms with E-state index in [1.54, 1.807) is 11.9 Å². The van der Waals surface area contributed by atoms with Crippen LogP contribution in [0, 0.1) is 5.92 Å². The molecule has 0 spiro atoms. The molecule has 2 unspecified atom stereocenters. The fourth-order valence-corrected chi connectivity index (χ4v) is 1.57. The van der Waals surface area contributed by atoms with Gasteiger partial charge in [0.1, 0.15) is 0 Å². The third-order valence-electron chi connectivity index (χ3n) is 2.85. The maximum Gasteiger partial charge on any atom is 0.353 e. The van der Waals surface area contributed by atoms with Gasteiger partial charge >= 0.3 is 5.97 Å². The molecule has 0 aromatic carbocycles. The summed E-state index contributed by atoms with van der Waals surface area (Å²) in [6, 6.07) is 0. The number of aliphatic carboxylic acids is 1. The van der Waals surface area contributed by atoms with Gasteiger partial charge < -0.3 is 14.8 Å². The zero-order chi connectivity index (χ0) is 13.0. The van der Waals surface area contributed by atoms with Crippen molar-refractivity contribution in [3.63, 3.8) is 0 Å². The van der Waals surface area contributed by atoms with Crippen LogP contribution in [0.2, 0.25) is 0 Å². The molecular weight excluding hydrogens is 224 g/mol. The predicted octanol–water partition coefficient (Wildman–Crippen LogP) is 0.720. The Morgan fingerprint density at radius 1 is 1.65 bits per heavy atom. The number of amides is 1. The molecule has 0 aromatic heterocycles. The second-order valence-electron chi connectivity index (χ2n) is 4.37. The van der Waals surface area contributed by atoms with Gasteiger partial charge in [-0.1, -0.05) is 25.4 Å². The molecule has 96 valence electrons. The summed E-state index contributed by atoms with van der Waals surface area (Å²) in [5.41, 5.74) is -0.0970. The van der Waals surface area contributed by atoms with E-state index in [9.17, 15) is 9.59 Å². The monoisotopic (exact) mass is 242 g/mol. The average Bonchev–Trinajstić information content (AvgIpc) is 2.77. The number of carboxylic acids is 1. The van der Waals surface area contributed by atoms with Crippen LogP contribution in [0.1, 0.15) is 26.7 Å². The molecule has 1 N–H and O–H groups in total. The summed E-state index contributed by atoms with van der Waals surface area (Å²) < 4.78 is 0. The highest BCUT2D eigenvalue weighted by Crippen LogP contribution is 2.14. The van der Waals surface area contributed by atoms with Gasteiger partial charge in [0.05, 0.1) is 0 Å². The fraction of sp³-hybridized carbons (Fsp3) is 0.727. The molecule has 0 fully saturated rings. The lowest BCUT2D eigenvalue weighted by Gasteiger charge is -2.22. The Morgan fingerprint density at radius 3 is 2.76 bits per heavy atom. The Balaban J connectivity index is 2.48. The van der Waals surface area contributed by atoms with E-state index in [1.165, 1.54) is 0 Å². The number of hydrogen-bond acceptors (Lipinski definition) is 4. The van der Waals surface area contributed by atoms with Crippen LogP contribution in [-0.4, -0.2) is 47.3 Å². The molecule has 0 bridgehead atoms. The van der Waals surface area contributed by atoms with Gasteiger partial charge in [0.2, 0.25) is 6.10 Å². The van der Waals surface area contributed by atoms with Gasteiger partial charge in [0.15, 0.2) is 5.71 Å². The Morgan fingerprint density at radius 2 is 2.29 bits per heavy atom. The minimum Gasteiger partial charge on any atom is -0.477 e. The van der Waals surface area contributed by atoms with E-state index in [4.69, 9.17) is 9.94 Å². The highest BCUT2D eigenvalue weighted by molar-refractivity contribution is 6.36. The van der Waals surface area contributed by atoms with Gasteiger partial charge in [-0.15, -0.1) is 0 Å². The van der Waals surface area contributed by atoms with E-state index in [1.807, 2.05) is 0 Å². The van der Waals surface area contributed by atoms with Gasteiger partial charge in [-0.25, -0.2) is 4.79 Å². The average molecular weight is 242 g/mol. The van der Waals surface area contributed by atoms with Crippen LogP contribution in [0.4, 0.5) is 0 Å². The maximum absolute atomic E-state index is 11.9. The molecule has 0 radical (unpaired) electrons. The highest BCUT2D eigenvalue weighted by Gasteiger charge is 2.33. The van der Waals surface area contributed by atoms with Crippen molar-refractivity contribution < 1.29 is 19.5 Å². The zero-order valence-corrected chi connectivity index (χ0v) is 10.3. The Kier molecular flexibility index (Phi) is 4.48. The van der Waals surface area contributed by atoms with Crippen LogP contribution < -0.4 is 0 Å². The van der Waals surface area contributed by atoms with Crippen LogP contribution in [0.3, 0.4) is 0 Å². The number of likely N-dealkylation sites (N-methyl/N-ethyl adjacent to an activating group) is 1. The summed E-state index contributed by atoms with van der Waals surface area (Å²) in [5.74, 6) is -0.944. The number of oxime groups is 1. The number of nitrogens with zero attached hydrogens (tertiary/aromatic N) is 2. The third-order valence-corrected chi connectivity index (χ3v) is 2.85. The van der Waals surface area contributed by atoms with E-state index in [0.29, 0.717) is 12.5 Å². The number of carbonyl (C=O) groups is 2. The first kappa shape index (κ1) is 13.5. The van der Waals surface area contributed by atoms with E-state index in [-0.39, 0.29) is 18.0 Å². The maximum atomic E-state index is 11.9. The third kappa shape index (κ3) is 3.44. The zero-order valence-electron chi connectivity index (χ0n) is 10.3. The second-order valence-corrected chi connectivity index (χ2v) is 4.37. The molecule has 0 saturated heterocycles. The number of hydrogen-bond donors (Lipinski definition) is 1. The number of carboxylic acid groups (broad SMARTS) is 1. The van der Waals surface area contributed by atoms with Crippen molar-refractivity contribution in [1.29, 1.82) is 0 Å². The van der Waals surface area contributed by atoms with Crippen molar-refractivity contribution in [2.45, 2.75) is 32.8 Å². The summed E-state index contributed by atoms with van der Waals surface area (Å²) in [5, 5.41) is 12.1. The normalized spacial score (nSPS) is 20.4. The summed E-state index contributed by atoms with van der Waals surface area (Å²) in [6.07, 6.45) is 0.245. The lowest BCUT2D eigenvalue weighted by atomic mass is 10.1. The first-order valence-corrected chi connectivity index (χ1v) is 5.66. The molecule has 6 nitrogen and oxygen atoms in total. The first-order valence-electron chi connectivity index (χ1n) is 5.66. The smallest absolute Gasteiger partial charge is 0.353 e. The lowest BCUT2D eigenvalue weighted by Crippen LogP contribution is -2.39. The largest absolute Gasteiger partial charge is 0.477 e. The van der Waals surface area contributed by atoms with Crippen molar-refractivity contribution in [2.24, 2.45) is 11.1 Å². The second kappa shape index (κ2) is 5.65. The van der Waals surface area contributed by atoms with Crippen LogP contribution in [0.25, 0.3) is 0 Å². The van der Waals surface area contributed by atoms with Crippen molar-refractivity contribution in [1.82, 2.24) is 4.90 Å². The van der Waals surface area contributed by atoms with Crippen LogP contribution in [0.5, 0.6) is 0 Å². The molecule has 6 heteroatoms. The van der Waals surface area contributed by atoms with Crippen LogP contribution >= 0.6 is 0 Å². The topological polar surface area (TPSA) is 79.2 Å². The summed E-state index contributed by atoms with van der Waals surface area (Å²) in [6.45, 7) is 4.75. The minimum absolute atomic E-state index is 0.0407. The number of rotatable bonds is 5. The van der Waals surface area contributed by atoms with Gasteiger partial charge in [-0.05, 0) is 5.92 Å². The fourth-order valence-electron chi connectivity index (χ4n) is 1.57. The van der Waals surface area contributed by atoms with E-state index in [2.05, 4.69) is 19.0 Å². The van der Waals surface area contributed by atoms with Crippen LogP contribution in [0.15, 0.2) is 5.16 Å².